The zero-order chi connectivity index (χ0) is 13.2. The lowest BCUT2D eigenvalue weighted by Gasteiger charge is -2.02. The maximum atomic E-state index is 12.0. The summed E-state index contributed by atoms with van der Waals surface area (Å²) >= 11 is 0. The van der Waals surface area contributed by atoms with Gasteiger partial charge in [0.2, 0.25) is 5.84 Å². The van der Waals surface area contributed by atoms with Gasteiger partial charge in [-0.05, 0) is 19.1 Å². The van der Waals surface area contributed by atoms with Crippen LogP contribution in [0.25, 0.3) is 0 Å². The molecule has 0 aromatic heterocycles. The van der Waals surface area contributed by atoms with Gasteiger partial charge in [0.1, 0.15) is 0 Å². The van der Waals surface area contributed by atoms with Crippen molar-refractivity contribution in [3.8, 4) is 0 Å². The molecule has 16 heavy (non-hydrogen) atoms. The van der Waals surface area contributed by atoms with Gasteiger partial charge in [-0.25, -0.2) is 9.98 Å². The third-order valence-corrected chi connectivity index (χ3v) is 1.31. The van der Waals surface area contributed by atoms with E-state index in [0.29, 0.717) is 12.3 Å². The molecular formula is C11H19F3N2. The lowest BCUT2D eigenvalue weighted by molar-refractivity contribution is -0.0596. The van der Waals surface area contributed by atoms with Crippen molar-refractivity contribution in [1.29, 1.82) is 0 Å². The Morgan fingerprint density at radius 2 is 1.81 bits per heavy atom. The van der Waals surface area contributed by atoms with Crippen LogP contribution in [-0.4, -0.2) is 18.7 Å². The van der Waals surface area contributed by atoms with Gasteiger partial charge < -0.3 is 0 Å². The summed E-state index contributed by atoms with van der Waals surface area (Å²) in [6.07, 6.45) is -1.16. The van der Waals surface area contributed by atoms with Crippen molar-refractivity contribution in [3.63, 3.8) is 0 Å². The monoisotopic (exact) mass is 236 g/mol. The molecule has 0 aromatic rings. The Kier molecular flexibility index (Phi) is 9.85. The largest absolute Gasteiger partial charge is 0.451 e. The van der Waals surface area contributed by atoms with Crippen LogP contribution in [0.2, 0.25) is 0 Å². The number of amidine groups is 1. The Labute approximate surface area is 95.0 Å². The molecule has 0 atom stereocenters. The van der Waals surface area contributed by atoms with Crippen LogP contribution in [0.3, 0.4) is 0 Å². The molecule has 2 nitrogen and oxygen atoms in total. The summed E-state index contributed by atoms with van der Waals surface area (Å²) in [5, 5.41) is 0. The van der Waals surface area contributed by atoms with Crippen molar-refractivity contribution < 1.29 is 13.2 Å². The molecule has 0 saturated heterocycles. The minimum absolute atomic E-state index is 0.396. The molecule has 0 bridgehead atoms. The minimum Gasteiger partial charge on any atom is -0.241 e. The summed E-state index contributed by atoms with van der Waals surface area (Å²) in [7, 11) is 0. The molecule has 0 rings (SSSR count). The zero-order valence-corrected chi connectivity index (χ0v) is 10.2. The van der Waals surface area contributed by atoms with Crippen molar-refractivity contribution >= 4 is 12.6 Å². The van der Waals surface area contributed by atoms with E-state index in [1.54, 1.807) is 6.08 Å². The molecule has 0 amide bonds. The van der Waals surface area contributed by atoms with E-state index in [4.69, 9.17) is 0 Å². The summed E-state index contributed by atoms with van der Waals surface area (Å²) in [6.45, 7) is 10.7. The average molecular weight is 236 g/mol. The second kappa shape index (κ2) is 9.12. The van der Waals surface area contributed by atoms with E-state index in [2.05, 4.69) is 16.7 Å². The van der Waals surface area contributed by atoms with Crippen molar-refractivity contribution in [2.75, 3.05) is 0 Å². The van der Waals surface area contributed by atoms with Gasteiger partial charge in [-0.3, -0.25) is 0 Å². The first-order chi connectivity index (χ1) is 7.38. The van der Waals surface area contributed by atoms with Crippen molar-refractivity contribution in [2.24, 2.45) is 15.9 Å². The number of aliphatic imine (C=N–C) groups is 2. The SMILES string of the molecule is C=NC(=N/C=C/CC(C)C)C(F)(F)F.CC. The van der Waals surface area contributed by atoms with Gasteiger partial charge in [0.25, 0.3) is 0 Å². The number of nitrogens with zero attached hydrogens (tertiary/aromatic N) is 2. The van der Waals surface area contributed by atoms with Gasteiger partial charge in [0.05, 0.1) is 0 Å². The molecule has 0 radical (unpaired) electrons. The van der Waals surface area contributed by atoms with Gasteiger partial charge in [-0.2, -0.15) is 13.2 Å². The Morgan fingerprint density at radius 1 is 1.31 bits per heavy atom. The lowest BCUT2D eigenvalue weighted by atomic mass is 10.1. The summed E-state index contributed by atoms with van der Waals surface area (Å²) in [6, 6.07) is 0. The van der Waals surface area contributed by atoms with E-state index in [1.165, 1.54) is 0 Å². The molecule has 0 unspecified atom stereocenters. The molecule has 5 heteroatoms. The quantitative estimate of drug-likeness (QED) is 0.517. The number of alkyl halides is 3. The van der Waals surface area contributed by atoms with Crippen molar-refractivity contribution in [1.82, 2.24) is 0 Å². The number of allylic oxidation sites excluding steroid dienone is 1. The van der Waals surface area contributed by atoms with Gasteiger partial charge in [-0.15, -0.1) is 0 Å². The van der Waals surface area contributed by atoms with Crippen LogP contribution >= 0.6 is 0 Å². The lowest BCUT2D eigenvalue weighted by Crippen LogP contribution is -2.20. The number of hydrogen-bond donors (Lipinski definition) is 0. The predicted molar refractivity (Wildman–Crippen MR) is 63.0 cm³/mol. The van der Waals surface area contributed by atoms with Crippen LogP contribution < -0.4 is 0 Å². The maximum absolute atomic E-state index is 12.0. The highest BCUT2D eigenvalue weighted by Gasteiger charge is 2.34. The fourth-order valence-electron chi connectivity index (χ4n) is 0.660. The molecule has 0 fully saturated rings. The molecule has 0 spiro atoms. The Hall–Kier alpha value is -1.13. The third kappa shape index (κ3) is 9.43. The third-order valence-electron chi connectivity index (χ3n) is 1.31. The highest BCUT2D eigenvalue weighted by atomic mass is 19.4. The van der Waals surface area contributed by atoms with Crippen LogP contribution in [0.1, 0.15) is 34.1 Å². The Morgan fingerprint density at radius 3 is 2.12 bits per heavy atom. The molecule has 0 saturated carbocycles. The van der Waals surface area contributed by atoms with Crippen LogP contribution in [0.15, 0.2) is 22.3 Å². The molecule has 0 aliphatic rings. The van der Waals surface area contributed by atoms with Crippen LogP contribution in [0.4, 0.5) is 13.2 Å². The maximum Gasteiger partial charge on any atom is 0.451 e. The Balaban J connectivity index is 0. The molecule has 0 aliphatic carbocycles. The summed E-state index contributed by atoms with van der Waals surface area (Å²) in [5.74, 6) is -0.815. The van der Waals surface area contributed by atoms with Gasteiger partial charge in [0.15, 0.2) is 0 Å². The smallest absolute Gasteiger partial charge is 0.241 e. The molecule has 0 aliphatic heterocycles. The molecule has 0 N–H and O–H groups in total. The summed E-state index contributed by atoms with van der Waals surface area (Å²) in [4.78, 5) is 5.97. The fourth-order valence-corrected chi connectivity index (χ4v) is 0.660. The summed E-state index contributed by atoms with van der Waals surface area (Å²) in [5.41, 5.74) is 0. The fraction of sp³-hybridized carbons (Fsp3) is 0.636. The van der Waals surface area contributed by atoms with Crippen LogP contribution in [-0.2, 0) is 0 Å². The van der Waals surface area contributed by atoms with Gasteiger partial charge >= 0.3 is 6.18 Å². The predicted octanol–water partition coefficient (Wildman–Crippen LogP) is 4.23. The van der Waals surface area contributed by atoms with Crippen LogP contribution in [0, 0.1) is 5.92 Å². The number of hydrogen-bond acceptors (Lipinski definition) is 1. The molecule has 94 valence electrons. The van der Waals surface area contributed by atoms with E-state index >= 15 is 0 Å². The molecular weight excluding hydrogens is 217 g/mol. The van der Waals surface area contributed by atoms with Crippen molar-refractivity contribution in [2.45, 2.75) is 40.3 Å². The van der Waals surface area contributed by atoms with Gasteiger partial charge in [-0.1, -0.05) is 33.8 Å². The second-order valence-electron chi connectivity index (χ2n) is 3.12. The van der Waals surface area contributed by atoms with Crippen molar-refractivity contribution in [3.05, 3.63) is 12.3 Å². The van der Waals surface area contributed by atoms with E-state index in [-0.39, 0.29) is 0 Å². The zero-order valence-electron chi connectivity index (χ0n) is 10.2. The first-order valence-electron chi connectivity index (χ1n) is 5.14. The highest BCUT2D eigenvalue weighted by Crippen LogP contribution is 2.17. The topological polar surface area (TPSA) is 24.7 Å². The van der Waals surface area contributed by atoms with E-state index in [0.717, 1.165) is 6.20 Å². The van der Waals surface area contributed by atoms with Crippen LogP contribution in [0.5, 0.6) is 0 Å². The summed E-state index contributed by atoms with van der Waals surface area (Å²) < 4.78 is 36.0. The second-order valence-corrected chi connectivity index (χ2v) is 3.12. The van der Waals surface area contributed by atoms with Gasteiger partial charge in [0, 0.05) is 6.20 Å². The normalized spacial score (nSPS) is 12.6. The number of halogens is 3. The Bertz CT molecular complexity index is 240. The highest BCUT2D eigenvalue weighted by molar-refractivity contribution is 5.91. The van der Waals surface area contributed by atoms with E-state index < -0.39 is 12.0 Å². The molecule has 0 aromatic carbocycles. The average Bonchev–Trinajstić information content (AvgIpc) is 2.18. The number of rotatable bonds is 3. The minimum atomic E-state index is -4.52. The standard InChI is InChI=1S/C9H13F3N2.C2H6/c1-7(2)5-4-6-14-8(13-3)9(10,11)12;1-2/h4,6-7H,3,5H2,1-2H3;1-2H3/b6-4+,14-8?;. The van der Waals surface area contributed by atoms with E-state index in [1.807, 2.05) is 27.7 Å². The first kappa shape index (κ1) is 17.3. The van der Waals surface area contributed by atoms with E-state index in [9.17, 15) is 13.2 Å². The first-order valence-corrected chi connectivity index (χ1v) is 5.14. The molecule has 0 heterocycles.